The zero-order valence-electron chi connectivity index (χ0n) is 10.5. The molecule has 0 aliphatic heterocycles. The van der Waals surface area contributed by atoms with Crippen molar-refractivity contribution >= 4 is 16.0 Å². The number of aromatic carboxylic acids is 1. The van der Waals surface area contributed by atoms with Gasteiger partial charge in [0.05, 0.1) is 16.6 Å². The van der Waals surface area contributed by atoms with Crippen LogP contribution in [0.4, 0.5) is 0 Å². The lowest BCUT2D eigenvalue weighted by molar-refractivity contribution is 0.0696. The number of carboxylic acids is 1. The molecule has 19 heavy (non-hydrogen) atoms. The summed E-state index contributed by atoms with van der Waals surface area (Å²) in [5.41, 5.74) is -0.0866. The lowest BCUT2D eigenvalue weighted by Crippen LogP contribution is -2.27. The fraction of sp³-hybridized carbons (Fsp3) is 0.417. The average molecular weight is 287 g/mol. The first-order valence-corrected chi connectivity index (χ1v) is 7.36. The zero-order valence-corrected chi connectivity index (χ0v) is 11.4. The van der Waals surface area contributed by atoms with Gasteiger partial charge in [0, 0.05) is 6.54 Å². The number of carbonyl (C=O) groups is 1. The molecule has 3 N–H and O–H groups in total. The summed E-state index contributed by atoms with van der Waals surface area (Å²) in [5, 5.41) is 18.1. The van der Waals surface area contributed by atoms with Crippen molar-refractivity contribution in [2.75, 3.05) is 6.54 Å². The van der Waals surface area contributed by atoms with E-state index < -0.39 is 22.1 Å². The SMILES string of the molecule is CCC(O)CCNS(=O)(=O)c1cccc(C(=O)O)c1. The minimum atomic E-state index is -3.74. The van der Waals surface area contributed by atoms with Crippen LogP contribution in [-0.4, -0.2) is 37.2 Å². The maximum atomic E-state index is 11.9. The van der Waals surface area contributed by atoms with Crippen LogP contribution in [0, 0.1) is 0 Å². The number of rotatable bonds is 7. The third-order valence-electron chi connectivity index (χ3n) is 2.63. The van der Waals surface area contributed by atoms with Gasteiger partial charge in [0.2, 0.25) is 10.0 Å². The van der Waals surface area contributed by atoms with E-state index in [0.29, 0.717) is 12.8 Å². The topological polar surface area (TPSA) is 104 Å². The summed E-state index contributed by atoms with van der Waals surface area (Å²) < 4.78 is 26.1. The van der Waals surface area contributed by atoms with Gasteiger partial charge in [-0.05, 0) is 31.0 Å². The van der Waals surface area contributed by atoms with Crippen LogP contribution in [0.2, 0.25) is 0 Å². The molecule has 1 aromatic carbocycles. The largest absolute Gasteiger partial charge is 0.478 e. The van der Waals surface area contributed by atoms with Crippen molar-refractivity contribution < 1.29 is 23.4 Å². The number of carboxylic acid groups (broad SMARTS) is 1. The van der Waals surface area contributed by atoms with E-state index in [0.717, 1.165) is 6.07 Å². The molecule has 0 saturated carbocycles. The van der Waals surface area contributed by atoms with Gasteiger partial charge < -0.3 is 10.2 Å². The van der Waals surface area contributed by atoms with Gasteiger partial charge in [-0.15, -0.1) is 0 Å². The fourth-order valence-electron chi connectivity index (χ4n) is 1.44. The second-order valence-corrected chi connectivity index (χ2v) is 5.85. The Balaban J connectivity index is 2.77. The van der Waals surface area contributed by atoms with Gasteiger partial charge in [-0.1, -0.05) is 13.0 Å². The molecule has 0 saturated heterocycles. The van der Waals surface area contributed by atoms with Crippen molar-refractivity contribution in [2.45, 2.75) is 30.8 Å². The highest BCUT2D eigenvalue weighted by Gasteiger charge is 2.16. The maximum absolute atomic E-state index is 11.9. The molecule has 1 rings (SSSR count). The summed E-state index contributed by atoms with van der Waals surface area (Å²) in [5.74, 6) is -1.18. The molecule has 7 heteroatoms. The predicted octanol–water partition coefficient (Wildman–Crippen LogP) is 0.824. The van der Waals surface area contributed by atoms with E-state index in [1.807, 2.05) is 0 Å². The van der Waals surface area contributed by atoms with Crippen LogP contribution in [-0.2, 0) is 10.0 Å². The lowest BCUT2D eigenvalue weighted by Gasteiger charge is -2.10. The summed E-state index contributed by atoms with van der Waals surface area (Å²) in [6, 6.07) is 5.12. The average Bonchev–Trinajstić information content (AvgIpc) is 2.38. The minimum absolute atomic E-state index is 0.0866. The van der Waals surface area contributed by atoms with E-state index >= 15 is 0 Å². The number of aliphatic hydroxyl groups excluding tert-OH is 1. The Labute approximate surface area is 112 Å². The molecule has 0 aromatic heterocycles. The molecule has 0 heterocycles. The fourth-order valence-corrected chi connectivity index (χ4v) is 2.54. The summed E-state index contributed by atoms with van der Waals surface area (Å²) in [7, 11) is -3.74. The number of hydrogen-bond donors (Lipinski definition) is 3. The van der Waals surface area contributed by atoms with Crippen molar-refractivity contribution in [2.24, 2.45) is 0 Å². The predicted molar refractivity (Wildman–Crippen MR) is 69.5 cm³/mol. The van der Waals surface area contributed by atoms with Crippen molar-refractivity contribution in [3.05, 3.63) is 29.8 Å². The van der Waals surface area contributed by atoms with Crippen LogP contribution in [0.3, 0.4) is 0 Å². The number of aliphatic hydroxyl groups is 1. The quantitative estimate of drug-likeness (QED) is 0.689. The van der Waals surface area contributed by atoms with Gasteiger partial charge in [-0.2, -0.15) is 0 Å². The van der Waals surface area contributed by atoms with Crippen molar-refractivity contribution in [1.82, 2.24) is 4.72 Å². The smallest absolute Gasteiger partial charge is 0.335 e. The minimum Gasteiger partial charge on any atom is -0.478 e. The molecule has 0 amide bonds. The third kappa shape index (κ3) is 4.62. The summed E-state index contributed by atoms with van der Waals surface area (Å²) in [6.07, 6.45) is 0.318. The molecule has 0 spiro atoms. The molecule has 6 nitrogen and oxygen atoms in total. The Bertz CT molecular complexity index is 541. The molecular formula is C12H17NO5S. The van der Waals surface area contributed by atoms with Gasteiger partial charge in [0.1, 0.15) is 0 Å². The second-order valence-electron chi connectivity index (χ2n) is 4.08. The van der Waals surface area contributed by atoms with Crippen LogP contribution in [0.25, 0.3) is 0 Å². The molecule has 1 atom stereocenters. The van der Waals surface area contributed by atoms with Gasteiger partial charge in [0.25, 0.3) is 0 Å². The van der Waals surface area contributed by atoms with E-state index in [1.165, 1.54) is 18.2 Å². The number of sulfonamides is 1. The Kier molecular flexibility index (Phi) is 5.46. The first kappa shape index (κ1) is 15.6. The molecule has 106 valence electrons. The highest BCUT2D eigenvalue weighted by molar-refractivity contribution is 7.89. The third-order valence-corrected chi connectivity index (χ3v) is 4.09. The molecule has 0 bridgehead atoms. The molecule has 0 radical (unpaired) electrons. The van der Waals surface area contributed by atoms with E-state index in [1.54, 1.807) is 6.92 Å². The molecule has 1 unspecified atom stereocenters. The van der Waals surface area contributed by atoms with E-state index in [-0.39, 0.29) is 17.0 Å². The highest BCUT2D eigenvalue weighted by Crippen LogP contribution is 2.11. The van der Waals surface area contributed by atoms with Crippen LogP contribution >= 0.6 is 0 Å². The lowest BCUT2D eigenvalue weighted by atomic mass is 10.2. The van der Waals surface area contributed by atoms with Gasteiger partial charge in [0.15, 0.2) is 0 Å². The Hall–Kier alpha value is -1.44. The van der Waals surface area contributed by atoms with Crippen LogP contribution in [0.15, 0.2) is 29.2 Å². The first-order valence-electron chi connectivity index (χ1n) is 5.88. The monoisotopic (exact) mass is 287 g/mol. The van der Waals surface area contributed by atoms with Gasteiger partial charge in [-0.25, -0.2) is 17.9 Å². The highest BCUT2D eigenvalue weighted by atomic mass is 32.2. The first-order chi connectivity index (χ1) is 8.86. The van der Waals surface area contributed by atoms with E-state index in [4.69, 9.17) is 5.11 Å². The molecule has 1 aromatic rings. The standard InChI is InChI=1S/C12H17NO5S/c1-2-10(14)6-7-13-19(17,18)11-5-3-4-9(8-11)12(15)16/h3-5,8,10,13-14H,2,6-7H2,1H3,(H,15,16). The molecular weight excluding hydrogens is 270 g/mol. The van der Waals surface area contributed by atoms with E-state index in [2.05, 4.69) is 4.72 Å². The Morgan fingerprint density at radius 3 is 2.68 bits per heavy atom. The van der Waals surface area contributed by atoms with Gasteiger partial charge in [-0.3, -0.25) is 0 Å². The van der Waals surface area contributed by atoms with Crippen LogP contribution in [0.5, 0.6) is 0 Å². The summed E-state index contributed by atoms with van der Waals surface area (Å²) in [4.78, 5) is 10.7. The zero-order chi connectivity index (χ0) is 14.5. The molecule has 0 aliphatic rings. The van der Waals surface area contributed by atoms with Crippen molar-refractivity contribution in [3.8, 4) is 0 Å². The van der Waals surface area contributed by atoms with Gasteiger partial charge >= 0.3 is 5.97 Å². The normalized spacial score (nSPS) is 13.2. The number of nitrogens with one attached hydrogen (secondary N) is 1. The summed E-state index contributed by atoms with van der Waals surface area (Å²) in [6.45, 7) is 1.91. The van der Waals surface area contributed by atoms with Crippen LogP contribution < -0.4 is 4.72 Å². The Morgan fingerprint density at radius 2 is 2.11 bits per heavy atom. The number of benzene rings is 1. The van der Waals surface area contributed by atoms with Crippen LogP contribution in [0.1, 0.15) is 30.1 Å². The Morgan fingerprint density at radius 1 is 1.42 bits per heavy atom. The summed E-state index contributed by atoms with van der Waals surface area (Å²) >= 11 is 0. The number of hydrogen-bond acceptors (Lipinski definition) is 4. The maximum Gasteiger partial charge on any atom is 0.335 e. The van der Waals surface area contributed by atoms with E-state index in [9.17, 15) is 18.3 Å². The van der Waals surface area contributed by atoms with Crippen molar-refractivity contribution in [3.63, 3.8) is 0 Å². The second kappa shape index (κ2) is 6.65. The molecule has 0 fully saturated rings. The molecule has 0 aliphatic carbocycles. The van der Waals surface area contributed by atoms with Crippen molar-refractivity contribution in [1.29, 1.82) is 0 Å².